The number of carbonyl (C=O) groups is 1. The van der Waals surface area contributed by atoms with Crippen LogP contribution in [0.2, 0.25) is 0 Å². The number of nitrogens with zero attached hydrogens (tertiary/aromatic N) is 1. The number of aromatic nitrogens is 1. The van der Waals surface area contributed by atoms with Gasteiger partial charge in [-0.2, -0.15) is 0 Å². The van der Waals surface area contributed by atoms with Gasteiger partial charge < -0.3 is 0 Å². The second kappa shape index (κ2) is 3.94. The van der Waals surface area contributed by atoms with Crippen molar-refractivity contribution in [1.82, 2.24) is 3.98 Å². The Morgan fingerprint density at radius 1 is 1.50 bits per heavy atom. The van der Waals surface area contributed by atoms with Gasteiger partial charge >= 0.3 is 87.3 Å². The molecule has 0 atom stereocenters. The Morgan fingerprint density at radius 2 is 2.29 bits per heavy atom. The molecule has 4 heteroatoms. The number of hydrogen-bond acceptors (Lipinski definition) is 3. The quantitative estimate of drug-likeness (QED) is 0.601. The van der Waals surface area contributed by atoms with E-state index in [0.29, 0.717) is 12.3 Å². The summed E-state index contributed by atoms with van der Waals surface area (Å²) >= 11 is 0.0404. The van der Waals surface area contributed by atoms with E-state index in [-0.39, 0.29) is 20.7 Å². The Balaban J connectivity index is 2.47. The maximum atomic E-state index is 11.5. The standard InChI is InChI=1S/C10H9NO2Se/c1-2-13-10(12)9-7-5-3-4-6-8(7)14-11-9/h3-6H,2H2,1H3. The molecule has 0 aliphatic heterocycles. The molecule has 0 N–H and O–H groups in total. The first-order chi connectivity index (χ1) is 6.83. The third-order valence-corrected chi connectivity index (χ3v) is 3.58. The van der Waals surface area contributed by atoms with Crippen molar-refractivity contribution in [2.75, 3.05) is 6.61 Å². The Hall–Kier alpha value is -1.12. The molecule has 0 unspecified atom stereocenters. The Morgan fingerprint density at radius 3 is 3.07 bits per heavy atom. The van der Waals surface area contributed by atoms with Crippen molar-refractivity contribution in [3.8, 4) is 0 Å². The van der Waals surface area contributed by atoms with E-state index in [4.69, 9.17) is 4.74 Å². The third kappa shape index (κ3) is 1.59. The van der Waals surface area contributed by atoms with E-state index in [1.165, 1.54) is 0 Å². The van der Waals surface area contributed by atoms with Crippen LogP contribution < -0.4 is 0 Å². The summed E-state index contributed by atoms with van der Waals surface area (Å²) in [5.41, 5.74) is 0.488. The Labute approximate surface area is 87.7 Å². The van der Waals surface area contributed by atoms with Crippen molar-refractivity contribution in [1.29, 1.82) is 0 Å². The fourth-order valence-electron chi connectivity index (χ4n) is 1.23. The van der Waals surface area contributed by atoms with Crippen LogP contribution >= 0.6 is 0 Å². The Kier molecular flexibility index (Phi) is 2.66. The van der Waals surface area contributed by atoms with Gasteiger partial charge in [0.1, 0.15) is 0 Å². The summed E-state index contributed by atoms with van der Waals surface area (Å²) in [4.78, 5) is 11.5. The van der Waals surface area contributed by atoms with Crippen LogP contribution in [0.4, 0.5) is 0 Å². The molecule has 1 aromatic carbocycles. The molecule has 72 valence electrons. The van der Waals surface area contributed by atoms with Crippen LogP contribution in [-0.4, -0.2) is 31.3 Å². The number of rotatable bonds is 2. The van der Waals surface area contributed by atoms with Crippen LogP contribution in [0.1, 0.15) is 17.4 Å². The molecule has 14 heavy (non-hydrogen) atoms. The van der Waals surface area contributed by atoms with Crippen molar-refractivity contribution >= 4 is 30.3 Å². The van der Waals surface area contributed by atoms with Gasteiger partial charge in [0.2, 0.25) is 0 Å². The van der Waals surface area contributed by atoms with Crippen molar-refractivity contribution in [2.24, 2.45) is 0 Å². The van der Waals surface area contributed by atoms with Crippen LogP contribution in [0.25, 0.3) is 9.65 Å². The predicted octanol–water partition coefficient (Wildman–Crippen LogP) is 1.47. The number of esters is 1. The van der Waals surface area contributed by atoms with Gasteiger partial charge in [0.25, 0.3) is 0 Å². The molecule has 0 radical (unpaired) electrons. The first-order valence-corrected chi connectivity index (χ1v) is 5.96. The normalized spacial score (nSPS) is 10.4. The van der Waals surface area contributed by atoms with E-state index >= 15 is 0 Å². The van der Waals surface area contributed by atoms with E-state index in [0.717, 1.165) is 9.65 Å². The number of benzene rings is 1. The van der Waals surface area contributed by atoms with E-state index in [1.807, 2.05) is 24.3 Å². The summed E-state index contributed by atoms with van der Waals surface area (Å²) in [6.07, 6.45) is 0. The molecule has 0 saturated carbocycles. The van der Waals surface area contributed by atoms with Crippen molar-refractivity contribution in [3.63, 3.8) is 0 Å². The van der Waals surface area contributed by atoms with Gasteiger partial charge in [0.05, 0.1) is 0 Å². The van der Waals surface area contributed by atoms with Crippen molar-refractivity contribution in [2.45, 2.75) is 6.92 Å². The summed E-state index contributed by atoms with van der Waals surface area (Å²) in [5.74, 6) is -0.306. The molecule has 0 spiro atoms. The van der Waals surface area contributed by atoms with Gasteiger partial charge in [0.15, 0.2) is 0 Å². The molecule has 0 aliphatic carbocycles. The van der Waals surface area contributed by atoms with Gasteiger partial charge in [-0.25, -0.2) is 0 Å². The van der Waals surface area contributed by atoms with Crippen molar-refractivity contribution < 1.29 is 9.53 Å². The molecular formula is C10H9NO2Se. The van der Waals surface area contributed by atoms with Gasteiger partial charge in [-0.05, 0) is 0 Å². The first-order valence-electron chi connectivity index (χ1n) is 4.34. The molecule has 0 aliphatic rings. The second-order valence-corrected chi connectivity index (χ2v) is 4.44. The molecule has 2 aromatic rings. The van der Waals surface area contributed by atoms with Crippen molar-refractivity contribution in [3.05, 3.63) is 30.0 Å². The molecule has 0 bridgehead atoms. The molecular weight excluding hydrogens is 245 g/mol. The SMILES string of the molecule is CCOC(=O)c1n[se]c2ccccc12. The average molecular weight is 254 g/mol. The van der Waals surface area contributed by atoms with Gasteiger partial charge in [-0.15, -0.1) is 0 Å². The maximum absolute atomic E-state index is 11.5. The van der Waals surface area contributed by atoms with Crippen LogP contribution in [-0.2, 0) is 4.74 Å². The Bertz CT molecular complexity index is 464. The van der Waals surface area contributed by atoms with Gasteiger partial charge in [-0.3, -0.25) is 0 Å². The van der Waals surface area contributed by atoms with Crippen LogP contribution in [0.3, 0.4) is 0 Å². The van der Waals surface area contributed by atoms with E-state index < -0.39 is 0 Å². The van der Waals surface area contributed by atoms with Gasteiger partial charge in [-0.1, -0.05) is 0 Å². The summed E-state index contributed by atoms with van der Waals surface area (Å²) in [6, 6.07) is 7.80. The van der Waals surface area contributed by atoms with Gasteiger partial charge in [0, 0.05) is 0 Å². The predicted molar refractivity (Wildman–Crippen MR) is 54.6 cm³/mol. The summed E-state index contributed by atoms with van der Waals surface area (Å²) in [6.45, 7) is 2.19. The molecule has 0 saturated heterocycles. The first kappa shape index (κ1) is 9.44. The zero-order valence-corrected chi connectivity index (χ0v) is 9.40. The van der Waals surface area contributed by atoms with E-state index in [1.54, 1.807) is 6.92 Å². The summed E-state index contributed by atoms with van der Waals surface area (Å²) in [7, 11) is 0. The fourth-order valence-corrected chi connectivity index (χ4v) is 2.84. The second-order valence-electron chi connectivity index (χ2n) is 2.75. The number of ether oxygens (including phenoxy) is 1. The van der Waals surface area contributed by atoms with Crippen LogP contribution in [0, 0.1) is 0 Å². The number of carbonyl (C=O) groups excluding carboxylic acids is 1. The minimum atomic E-state index is -0.306. The van der Waals surface area contributed by atoms with E-state index in [2.05, 4.69) is 3.98 Å². The molecule has 3 nitrogen and oxygen atoms in total. The van der Waals surface area contributed by atoms with Crippen LogP contribution in [0.5, 0.6) is 0 Å². The monoisotopic (exact) mass is 255 g/mol. The number of fused-ring (bicyclic) bond motifs is 1. The zero-order valence-electron chi connectivity index (χ0n) is 7.69. The van der Waals surface area contributed by atoms with Crippen LogP contribution in [0.15, 0.2) is 24.3 Å². The minimum absolute atomic E-state index is 0.0404. The summed E-state index contributed by atoms with van der Waals surface area (Å²) in [5, 5.41) is 0.936. The molecule has 1 aromatic heterocycles. The fraction of sp³-hybridized carbons (Fsp3) is 0.200. The molecule has 1 heterocycles. The third-order valence-electron chi connectivity index (χ3n) is 1.85. The van der Waals surface area contributed by atoms with E-state index in [9.17, 15) is 4.79 Å². The molecule has 0 amide bonds. The molecule has 0 fully saturated rings. The zero-order chi connectivity index (χ0) is 9.97. The summed E-state index contributed by atoms with van der Waals surface area (Å²) < 4.78 is 10.3. The number of hydrogen-bond donors (Lipinski definition) is 0. The average Bonchev–Trinajstić information content (AvgIpc) is 2.61. The topological polar surface area (TPSA) is 39.2 Å². The molecule has 2 rings (SSSR count).